The zero-order valence-corrected chi connectivity index (χ0v) is 15.2. The van der Waals surface area contributed by atoms with Gasteiger partial charge in [0.2, 0.25) is 0 Å². The van der Waals surface area contributed by atoms with Crippen molar-refractivity contribution in [3.63, 3.8) is 0 Å². The summed E-state index contributed by atoms with van der Waals surface area (Å²) in [6, 6.07) is 5.86. The highest BCUT2D eigenvalue weighted by molar-refractivity contribution is 8.01. The van der Waals surface area contributed by atoms with Crippen LogP contribution < -0.4 is 0 Å². The minimum Gasteiger partial charge on any atom is -0.371 e. The molecule has 0 saturated carbocycles. The van der Waals surface area contributed by atoms with Crippen molar-refractivity contribution >= 4 is 17.7 Å². The molecule has 25 heavy (non-hydrogen) atoms. The van der Waals surface area contributed by atoms with Crippen molar-refractivity contribution in [2.45, 2.75) is 37.7 Å². The second-order valence-electron chi connectivity index (χ2n) is 6.81. The van der Waals surface area contributed by atoms with Crippen LogP contribution >= 0.6 is 11.8 Å². The maximum atomic E-state index is 12.6. The number of ether oxygens (including phenoxy) is 1. The van der Waals surface area contributed by atoms with Crippen LogP contribution in [0.5, 0.6) is 0 Å². The lowest BCUT2D eigenvalue weighted by molar-refractivity contribution is 0.0244. The molecule has 1 amide bonds. The second kappa shape index (κ2) is 6.46. The van der Waals surface area contributed by atoms with E-state index in [2.05, 4.69) is 10.1 Å². The van der Waals surface area contributed by atoms with Gasteiger partial charge in [-0.25, -0.2) is 0 Å². The van der Waals surface area contributed by atoms with Crippen LogP contribution in [-0.2, 0) is 11.3 Å². The van der Waals surface area contributed by atoms with Gasteiger partial charge in [-0.2, -0.15) is 0 Å². The van der Waals surface area contributed by atoms with Crippen LogP contribution in [0, 0.1) is 13.8 Å². The average Bonchev–Trinajstić information content (AvgIpc) is 3.16. The van der Waals surface area contributed by atoms with Crippen LogP contribution in [-0.4, -0.2) is 50.6 Å². The highest BCUT2D eigenvalue weighted by Crippen LogP contribution is 2.46. The van der Waals surface area contributed by atoms with Gasteiger partial charge in [-0.05, 0) is 32.4 Å². The smallest absolute Gasteiger partial charge is 0.259 e. The van der Waals surface area contributed by atoms with Crippen LogP contribution in [0.3, 0.4) is 0 Å². The monoisotopic (exact) mass is 359 g/mol. The number of likely N-dealkylation sites (tertiary alicyclic amines) is 1. The van der Waals surface area contributed by atoms with E-state index in [1.165, 1.54) is 0 Å². The fourth-order valence-electron chi connectivity index (χ4n) is 3.56. The lowest BCUT2D eigenvalue weighted by Gasteiger charge is -2.47. The lowest BCUT2D eigenvalue weighted by Crippen LogP contribution is -2.60. The average molecular weight is 359 g/mol. The predicted octanol–water partition coefficient (Wildman–Crippen LogP) is 2.60. The zero-order valence-electron chi connectivity index (χ0n) is 14.4. The van der Waals surface area contributed by atoms with Gasteiger partial charge in [0.15, 0.2) is 0 Å². The molecular formula is C18H21N3O3S. The Labute approximate surface area is 150 Å². The van der Waals surface area contributed by atoms with E-state index < -0.39 is 0 Å². The molecule has 6 nitrogen and oxygen atoms in total. The fourth-order valence-corrected chi connectivity index (χ4v) is 5.11. The molecule has 2 aromatic heterocycles. The first-order chi connectivity index (χ1) is 12.1. The third kappa shape index (κ3) is 3.18. The van der Waals surface area contributed by atoms with E-state index in [9.17, 15) is 4.79 Å². The van der Waals surface area contributed by atoms with E-state index in [4.69, 9.17) is 9.26 Å². The van der Waals surface area contributed by atoms with Crippen molar-refractivity contribution in [3.05, 3.63) is 47.1 Å². The number of hydrogen-bond donors (Lipinski definition) is 0. The Kier molecular flexibility index (Phi) is 4.29. The van der Waals surface area contributed by atoms with Crippen molar-refractivity contribution in [1.82, 2.24) is 15.0 Å². The number of carbonyl (C=O) groups excluding carboxylic acids is 1. The summed E-state index contributed by atoms with van der Waals surface area (Å²) in [6.45, 7) is 5.68. The molecule has 1 spiro atoms. The van der Waals surface area contributed by atoms with Gasteiger partial charge >= 0.3 is 0 Å². The molecule has 0 aliphatic carbocycles. The standard InChI is InChI=1S/C18H21N3O3S/c1-12-16(13(2)24-20-12)17(22)21-10-18(11-21)7-15(9-25-18)23-8-14-5-3-4-6-19-14/h3-6,15H,7-11H2,1-2H3/t15-/m1/s1. The molecular weight excluding hydrogens is 338 g/mol. The SMILES string of the molecule is Cc1noc(C)c1C(=O)N1CC2(C[C@@H](OCc3ccccn3)CS2)C1. The highest BCUT2D eigenvalue weighted by atomic mass is 32.2. The van der Waals surface area contributed by atoms with Crippen molar-refractivity contribution in [2.75, 3.05) is 18.8 Å². The molecule has 1 atom stereocenters. The van der Waals surface area contributed by atoms with Gasteiger partial charge in [0.1, 0.15) is 11.3 Å². The number of pyridine rings is 1. The molecule has 0 radical (unpaired) electrons. The first-order valence-electron chi connectivity index (χ1n) is 8.44. The summed E-state index contributed by atoms with van der Waals surface area (Å²) in [7, 11) is 0. The topological polar surface area (TPSA) is 68.5 Å². The van der Waals surface area contributed by atoms with Crippen LogP contribution in [0.2, 0.25) is 0 Å². The molecule has 2 aliphatic heterocycles. The minimum atomic E-state index is 0.0281. The summed E-state index contributed by atoms with van der Waals surface area (Å²) in [6.07, 6.45) is 2.99. The largest absolute Gasteiger partial charge is 0.371 e. The number of thioether (sulfide) groups is 1. The summed E-state index contributed by atoms with van der Waals surface area (Å²) in [5, 5.41) is 3.88. The Bertz CT molecular complexity index is 752. The van der Waals surface area contributed by atoms with E-state index in [-0.39, 0.29) is 16.8 Å². The summed E-state index contributed by atoms with van der Waals surface area (Å²) in [5.41, 5.74) is 2.23. The Hall–Kier alpha value is -1.86. The van der Waals surface area contributed by atoms with Gasteiger partial charge in [0.05, 0.1) is 28.8 Å². The van der Waals surface area contributed by atoms with Gasteiger partial charge in [0.25, 0.3) is 5.91 Å². The van der Waals surface area contributed by atoms with E-state index in [0.717, 1.165) is 31.0 Å². The van der Waals surface area contributed by atoms with Crippen molar-refractivity contribution in [1.29, 1.82) is 0 Å². The third-order valence-corrected chi connectivity index (χ3v) is 6.44. The number of aromatic nitrogens is 2. The van der Waals surface area contributed by atoms with Crippen LogP contribution in [0.15, 0.2) is 28.9 Å². The van der Waals surface area contributed by atoms with Gasteiger partial charge in [-0.3, -0.25) is 9.78 Å². The Morgan fingerprint density at radius 2 is 2.28 bits per heavy atom. The van der Waals surface area contributed by atoms with E-state index in [1.807, 2.05) is 41.8 Å². The fraction of sp³-hybridized carbons (Fsp3) is 0.500. The van der Waals surface area contributed by atoms with Crippen LogP contribution in [0.4, 0.5) is 0 Å². The third-order valence-electron chi connectivity index (χ3n) is 4.86. The van der Waals surface area contributed by atoms with Gasteiger partial charge in [0, 0.05) is 25.0 Å². The van der Waals surface area contributed by atoms with Crippen molar-refractivity contribution in [2.24, 2.45) is 0 Å². The normalized spacial score (nSPS) is 21.5. The number of hydrogen-bond acceptors (Lipinski definition) is 6. The van der Waals surface area contributed by atoms with Gasteiger partial charge in [-0.1, -0.05) is 11.2 Å². The molecule has 2 aromatic rings. The first-order valence-corrected chi connectivity index (χ1v) is 9.42. The molecule has 0 bridgehead atoms. The maximum Gasteiger partial charge on any atom is 0.259 e. The Balaban J connectivity index is 1.31. The predicted molar refractivity (Wildman–Crippen MR) is 94.5 cm³/mol. The number of aryl methyl sites for hydroxylation is 2. The summed E-state index contributed by atoms with van der Waals surface area (Å²) >= 11 is 1.92. The molecule has 0 unspecified atom stereocenters. The highest BCUT2D eigenvalue weighted by Gasteiger charge is 2.51. The number of amides is 1. The Morgan fingerprint density at radius 3 is 2.96 bits per heavy atom. The molecule has 0 N–H and O–H groups in total. The molecule has 2 fully saturated rings. The zero-order chi connectivity index (χ0) is 17.4. The molecule has 4 rings (SSSR count). The van der Waals surface area contributed by atoms with Crippen LogP contribution in [0.1, 0.15) is 33.9 Å². The quantitative estimate of drug-likeness (QED) is 0.836. The second-order valence-corrected chi connectivity index (χ2v) is 8.30. The van der Waals surface area contributed by atoms with Gasteiger partial charge < -0.3 is 14.2 Å². The minimum absolute atomic E-state index is 0.0281. The summed E-state index contributed by atoms with van der Waals surface area (Å²) < 4.78 is 11.3. The van der Waals surface area contributed by atoms with Gasteiger partial charge in [-0.15, -0.1) is 11.8 Å². The van der Waals surface area contributed by atoms with E-state index in [1.54, 1.807) is 13.1 Å². The number of carbonyl (C=O) groups is 1. The molecule has 4 heterocycles. The lowest BCUT2D eigenvalue weighted by atomic mass is 9.92. The number of rotatable bonds is 4. The molecule has 132 valence electrons. The van der Waals surface area contributed by atoms with E-state index in [0.29, 0.717) is 23.6 Å². The molecule has 7 heteroatoms. The van der Waals surface area contributed by atoms with E-state index >= 15 is 0 Å². The Morgan fingerprint density at radius 1 is 1.44 bits per heavy atom. The molecule has 0 aromatic carbocycles. The summed E-state index contributed by atoms with van der Waals surface area (Å²) in [4.78, 5) is 18.8. The van der Waals surface area contributed by atoms with Crippen LogP contribution in [0.25, 0.3) is 0 Å². The maximum absolute atomic E-state index is 12.6. The number of nitrogens with zero attached hydrogens (tertiary/aromatic N) is 3. The van der Waals surface area contributed by atoms with Crippen molar-refractivity contribution < 1.29 is 14.1 Å². The van der Waals surface area contributed by atoms with Crippen molar-refractivity contribution in [3.8, 4) is 0 Å². The first kappa shape index (κ1) is 16.6. The molecule has 2 aliphatic rings. The summed E-state index contributed by atoms with van der Waals surface area (Å²) in [5.74, 6) is 1.60. The molecule has 2 saturated heterocycles.